The first-order chi connectivity index (χ1) is 21.6. The molecular weight excluding hydrogens is 576 g/mol. The van der Waals surface area contributed by atoms with Crippen molar-refractivity contribution in [2.75, 3.05) is 19.8 Å². The molecule has 0 saturated heterocycles. The van der Waals surface area contributed by atoms with Crippen LogP contribution in [-0.2, 0) is 14.4 Å². The van der Waals surface area contributed by atoms with Crippen LogP contribution >= 0.6 is 0 Å². The van der Waals surface area contributed by atoms with Gasteiger partial charge in [0, 0.05) is 24.7 Å². The fraction of sp³-hybridized carbons (Fsp3) is 0.917. The van der Waals surface area contributed by atoms with E-state index in [2.05, 4.69) is 20.8 Å². The van der Waals surface area contributed by atoms with Gasteiger partial charge in [0.05, 0.1) is 19.8 Å². The number of aliphatic hydroxyl groups is 3. The van der Waals surface area contributed by atoms with Crippen molar-refractivity contribution in [3.05, 3.63) is 0 Å². The summed E-state index contributed by atoms with van der Waals surface area (Å²) in [6.45, 7) is 7.95. The molecule has 0 spiro atoms. The summed E-state index contributed by atoms with van der Waals surface area (Å²) >= 11 is 0. The first kappa shape index (κ1) is 50.2. The fourth-order valence-corrected chi connectivity index (χ4v) is 4.19. The summed E-state index contributed by atoms with van der Waals surface area (Å²) < 4.78 is 0. The summed E-state index contributed by atoms with van der Waals surface area (Å²) in [7, 11) is 0. The summed E-state index contributed by atoms with van der Waals surface area (Å²) in [5.41, 5.74) is -0.667. The Hall–Kier alpha value is -1.71. The van der Waals surface area contributed by atoms with Crippen LogP contribution in [-0.4, -0.2) is 68.4 Å². The fourth-order valence-electron chi connectivity index (χ4n) is 4.19. The molecule has 0 atom stereocenters. The van der Waals surface area contributed by atoms with E-state index >= 15 is 0 Å². The molecule has 9 nitrogen and oxygen atoms in total. The molecule has 0 bridgehead atoms. The van der Waals surface area contributed by atoms with Crippen LogP contribution in [0.5, 0.6) is 0 Å². The number of carboxylic acids is 3. The van der Waals surface area contributed by atoms with Crippen LogP contribution in [0.3, 0.4) is 0 Å². The van der Waals surface area contributed by atoms with E-state index in [9.17, 15) is 14.4 Å². The van der Waals surface area contributed by atoms with Crippen molar-refractivity contribution < 1.29 is 45.0 Å². The normalized spacial score (nSPS) is 10.5. The van der Waals surface area contributed by atoms with Gasteiger partial charge in [0.25, 0.3) is 0 Å². The lowest BCUT2D eigenvalue weighted by atomic mass is 9.88. The molecule has 0 saturated carbocycles. The van der Waals surface area contributed by atoms with E-state index in [1.807, 2.05) is 6.92 Å². The molecule has 6 N–H and O–H groups in total. The molecule has 272 valence electrons. The van der Waals surface area contributed by atoms with E-state index in [1.54, 1.807) is 0 Å². The number of unbranched alkanes of at least 4 members (excludes halogenated alkanes) is 18. The van der Waals surface area contributed by atoms with Crippen molar-refractivity contribution in [1.29, 1.82) is 0 Å². The molecule has 0 radical (unpaired) electrons. The summed E-state index contributed by atoms with van der Waals surface area (Å²) in [5.74, 6) is -1.99. The van der Waals surface area contributed by atoms with Crippen LogP contribution in [0.1, 0.15) is 188 Å². The van der Waals surface area contributed by atoms with Gasteiger partial charge in [0.2, 0.25) is 0 Å². The Balaban J connectivity index is -0.000000251. The maximum atomic E-state index is 10.1. The third-order valence-electron chi connectivity index (χ3n) is 7.74. The predicted molar refractivity (Wildman–Crippen MR) is 185 cm³/mol. The van der Waals surface area contributed by atoms with E-state index in [0.29, 0.717) is 25.7 Å². The zero-order valence-electron chi connectivity index (χ0n) is 29.7. The first-order valence-electron chi connectivity index (χ1n) is 18.0. The highest BCUT2D eigenvalue weighted by molar-refractivity contribution is 5.67. The molecule has 0 heterocycles. The van der Waals surface area contributed by atoms with Crippen molar-refractivity contribution in [2.24, 2.45) is 5.41 Å². The Morgan fingerprint density at radius 1 is 0.378 bits per heavy atom. The Kier molecular flexibility index (Phi) is 47.1. The van der Waals surface area contributed by atoms with Gasteiger partial charge >= 0.3 is 17.9 Å². The molecule has 9 heteroatoms. The van der Waals surface area contributed by atoms with Crippen molar-refractivity contribution in [1.82, 2.24) is 0 Å². The van der Waals surface area contributed by atoms with Gasteiger partial charge in [-0.15, -0.1) is 0 Å². The number of carbonyl (C=O) groups is 3. The monoisotopic (exact) mass is 651 g/mol. The SMILES string of the molecule is CCC(CO)(CO)CO.CCCCCCCCCC(=O)O.CCCCCCCCCC(=O)O.CCCCCCCCCC(=O)O. The minimum Gasteiger partial charge on any atom is -0.481 e. The van der Waals surface area contributed by atoms with Crippen LogP contribution in [0, 0.1) is 5.41 Å². The van der Waals surface area contributed by atoms with Crippen LogP contribution < -0.4 is 0 Å². The molecule has 0 unspecified atom stereocenters. The molecule has 45 heavy (non-hydrogen) atoms. The van der Waals surface area contributed by atoms with Gasteiger partial charge in [0.1, 0.15) is 0 Å². The third-order valence-corrected chi connectivity index (χ3v) is 7.74. The van der Waals surface area contributed by atoms with Gasteiger partial charge in [-0.05, 0) is 25.7 Å². The Morgan fingerprint density at radius 3 is 0.711 bits per heavy atom. The zero-order valence-corrected chi connectivity index (χ0v) is 29.7. The van der Waals surface area contributed by atoms with E-state index in [0.717, 1.165) is 38.5 Å². The lowest BCUT2D eigenvalue weighted by Gasteiger charge is -2.24. The number of aliphatic hydroxyl groups excluding tert-OH is 3. The summed E-state index contributed by atoms with van der Waals surface area (Å²) in [4.78, 5) is 30.4. The molecule has 0 aliphatic carbocycles. The lowest BCUT2D eigenvalue weighted by molar-refractivity contribution is -0.138. The quantitative estimate of drug-likeness (QED) is 0.0452. The minimum absolute atomic E-state index is 0.156. The molecule has 0 amide bonds. The minimum atomic E-state index is -0.667. The van der Waals surface area contributed by atoms with Crippen LogP contribution in [0.15, 0.2) is 0 Å². The van der Waals surface area contributed by atoms with Gasteiger partial charge in [-0.1, -0.05) is 143 Å². The molecule has 0 rings (SSSR count). The summed E-state index contributed by atoms with van der Waals surface area (Å²) in [6, 6.07) is 0. The topological polar surface area (TPSA) is 173 Å². The average Bonchev–Trinajstić information content (AvgIpc) is 3.02. The molecule has 0 aromatic rings. The second-order valence-corrected chi connectivity index (χ2v) is 12.1. The molecule has 0 aromatic carbocycles. The van der Waals surface area contributed by atoms with Crippen molar-refractivity contribution >= 4 is 17.9 Å². The van der Waals surface area contributed by atoms with Gasteiger partial charge in [-0.2, -0.15) is 0 Å². The molecule has 0 fully saturated rings. The standard InChI is InChI=1S/3C10H20O2.C6H14O3/c3*1-2-3-4-5-6-7-8-9-10(11)12;1-2-6(3-7,4-8)5-9/h3*2-9H2,1H3,(H,11,12);7-9H,2-5H2,1H3. The van der Waals surface area contributed by atoms with Crippen LogP contribution in [0.25, 0.3) is 0 Å². The Morgan fingerprint density at radius 2 is 0.578 bits per heavy atom. The highest BCUT2D eigenvalue weighted by Crippen LogP contribution is 2.18. The Labute approximate surface area is 276 Å². The van der Waals surface area contributed by atoms with Gasteiger partial charge in [0.15, 0.2) is 0 Å². The van der Waals surface area contributed by atoms with E-state index in [-0.39, 0.29) is 19.8 Å². The molecule has 0 aliphatic heterocycles. The van der Waals surface area contributed by atoms with E-state index in [4.69, 9.17) is 30.6 Å². The third kappa shape index (κ3) is 49.4. The molecule has 0 aromatic heterocycles. The lowest BCUT2D eigenvalue weighted by Crippen LogP contribution is -2.32. The zero-order chi connectivity index (χ0) is 35.0. The maximum Gasteiger partial charge on any atom is 0.303 e. The summed E-state index contributed by atoms with van der Waals surface area (Å²) in [6.07, 6.45) is 26.5. The Bertz CT molecular complexity index is 523. The number of carboxylic acid groups (broad SMARTS) is 3. The van der Waals surface area contributed by atoms with Gasteiger partial charge in [-0.3, -0.25) is 14.4 Å². The van der Waals surface area contributed by atoms with Crippen molar-refractivity contribution in [3.63, 3.8) is 0 Å². The van der Waals surface area contributed by atoms with E-state index < -0.39 is 23.3 Å². The maximum absolute atomic E-state index is 10.1. The van der Waals surface area contributed by atoms with Crippen LogP contribution in [0.2, 0.25) is 0 Å². The number of hydrogen-bond donors (Lipinski definition) is 6. The van der Waals surface area contributed by atoms with Crippen molar-refractivity contribution in [2.45, 2.75) is 188 Å². The summed E-state index contributed by atoms with van der Waals surface area (Å²) in [5, 5.41) is 51.0. The highest BCUT2D eigenvalue weighted by Gasteiger charge is 2.24. The smallest absolute Gasteiger partial charge is 0.303 e. The second kappa shape index (κ2) is 42.3. The van der Waals surface area contributed by atoms with E-state index in [1.165, 1.54) is 96.3 Å². The van der Waals surface area contributed by atoms with Gasteiger partial charge < -0.3 is 30.6 Å². The van der Waals surface area contributed by atoms with Gasteiger partial charge in [-0.25, -0.2) is 0 Å². The largest absolute Gasteiger partial charge is 0.481 e. The number of rotatable bonds is 28. The highest BCUT2D eigenvalue weighted by atomic mass is 16.4. The molecule has 0 aliphatic rings. The number of hydrogen-bond acceptors (Lipinski definition) is 6. The average molecular weight is 651 g/mol. The first-order valence-corrected chi connectivity index (χ1v) is 18.0. The predicted octanol–water partition coefficient (Wildman–Crippen LogP) is 8.99. The second-order valence-electron chi connectivity index (χ2n) is 12.1. The molecular formula is C36H74O9. The van der Waals surface area contributed by atoms with Crippen LogP contribution in [0.4, 0.5) is 0 Å². The number of aliphatic carboxylic acids is 3. The van der Waals surface area contributed by atoms with Crippen molar-refractivity contribution in [3.8, 4) is 0 Å².